The Morgan fingerprint density at radius 1 is 0.676 bits per heavy atom. The van der Waals surface area contributed by atoms with Crippen LogP contribution < -0.4 is 16.0 Å². The maximum absolute atomic E-state index is 13.2. The fourth-order valence-corrected chi connectivity index (χ4v) is 3.58. The van der Waals surface area contributed by atoms with Gasteiger partial charge in [0.15, 0.2) is 6.29 Å². The Morgan fingerprint density at radius 2 is 1.09 bits per heavy atom. The Bertz CT molecular complexity index is 836. The molecule has 1 aromatic carbocycles. The van der Waals surface area contributed by atoms with Gasteiger partial charge in [-0.2, -0.15) is 0 Å². The number of ketones is 1. The van der Waals surface area contributed by atoms with Gasteiger partial charge in [0, 0.05) is 5.56 Å². The first-order chi connectivity index (χ1) is 15.9. The van der Waals surface area contributed by atoms with Crippen LogP contribution in [0.5, 0.6) is 0 Å². The Labute approximate surface area is 202 Å². The second kappa shape index (κ2) is 14.3. The minimum atomic E-state index is -0.944. The van der Waals surface area contributed by atoms with Crippen LogP contribution in [0.2, 0.25) is 0 Å². The van der Waals surface area contributed by atoms with E-state index in [1.165, 1.54) is 0 Å². The van der Waals surface area contributed by atoms with Crippen LogP contribution >= 0.6 is 0 Å². The van der Waals surface area contributed by atoms with E-state index in [9.17, 15) is 24.0 Å². The van der Waals surface area contributed by atoms with Crippen molar-refractivity contribution in [1.82, 2.24) is 16.0 Å². The first-order valence-electron chi connectivity index (χ1n) is 11.9. The van der Waals surface area contributed by atoms with Gasteiger partial charge in [-0.05, 0) is 49.1 Å². The van der Waals surface area contributed by atoms with E-state index in [-0.39, 0.29) is 29.9 Å². The van der Waals surface area contributed by atoms with E-state index in [0.717, 1.165) is 0 Å². The molecule has 3 amide bonds. The summed E-state index contributed by atoms with van der Waals surface area (Å²) in [7, 11) is 0. The Balaban J connectivity index is 3.03. The van der Waals surface area contributed by atoms with Crippen molar-refractivity contribution in [3.05, 3.63) is 35.9 Å². The van der Waals surface area contributed by atoms with Crippen molar-refractivity contribution >= 4 is 29.8 Å². The number of hydrogen-bond donors (Lipinski definition) is 3. The third-order valence-corrected chi connectivity index (χ3v) is 5.19. The minimum Gasteiger partial charge on any atom is -0.344 e. The van der Waals surface area contributed by atoms with Crippen LogP contribution in [0.4, 0.5) is 0 Å². The fourth-order valence-electron chi connectivity index (χ4n) is 3.58. The predicted molar refractivity (Wildman–Crippen MR) is 131 cm³/mol. The summed E-state index contributed by atoms with van der Waals surface area (Å²) in [6.45, 7) is 11.5. The first kappa shape index (κ1) is 29.0. The molecule has 0 unspecified atom stereocenters. The molecule has 1 aromatic rings. The molecule has 0 saturated carbocycles. The lowest BCUT2D eigenvalue weighted by molar-refractivity contribution is -0.135. The second-order valence-electron chi connectivity index (χ2n) is 9.92. The summed E-state index contributed by atoms with van der Waals surface area (Å²) in [4.78, 5) is 61.9. The number of hydrogen-bond acceptors (Lipinski definition) is 5. The highest BCUT2D eigenvalue weighted by atomic mass is 16.2. The zero-order valence-corrected chi connectivity index (χ0v) is 21.1. The molecule has 3 N–H and O–H groups in total. The van der Waals surface area contributed by atoms with Crippen molar-refractivity contribution in [2.24, 2.45) is 17.8 Å². The molecule has 3 atom stereocenters. The largest absolute Gasteiger partial charge is 0.344 e. The lowest BCUT2D eigenvalue weighted by atomic mass is 9.98. The second-order valence-corrected chi connectivity index (χ2v) is 9.92. The number of Topliss-reactive ketones (excluding diaryl/α,β-unsaturated/α-hetero) is 1. The summed E-state index contributed by atoms with van der Waals surface area (Å²) in [6, 6.07) is 5.91. The Kier molecular flexibility index (Phi) is 12.2. The molecule has 0 aromatic heterocycles. The fraction of sp³-hybridized carbons (Fsp3) is 0.577. The van der Waals surface area contributed by atoms with Crippen molar-refractivity contribution in [3.8, 4) is 0 Å². The Morgan fingerprint density at radius 3 is 1.53 bits per heavy atom. The van der Waals surface area contributed by atoms with Crippen LogP contribution in [0, 0.1) is 17.8 Å². The molecule has 188 valence electrons. The van der Waals surface area contributed by atoms with Crippen LogP contribution in [0.3, 0.4) is 0 Å². The van der Waals surface area contributed by atoms with Gasteiger partial charge in [0.05, 0.1) is 6.04 Å². The van der Waals surface area contributed by atoms with Crippen LogP contribution in [0.1, 0.15) is 71.2 Å². The molecule has 0 radical (unpaired) electrons. The van der Waals surface area contributed by atoms with Crippen LogP contribution in [0.15, 0.2) is 30.3 Å². The van der Waals surface area contributed by atoms with Gasteiger partial charge in [0.2, 0.25) is 17.6 Å². The maximum Gasteiger partial charge on any atom is 0.251 e. The number of nitrogens with one attached hydrogen (secondary N) is 3. The normalized spacial score (nSPS) is 13.8. The molecule has 0 aliphatic heterocycles. The third kappa shape index (κ3) is 10.3. The van der Waals surface area contributed by atoms with E-state index in [0.29, 0.717) is 24.8 Å². The summed E-state index contributed by atoms with van der Waals surface area (Å²) in [6.07, 6.45) is 1.25. The lowest BCUT2D eigenvalue weighted by Gasteiger charge is -2.26. The average molecular weight is 474 g/mol. The number of benzene rings is 1. The molecule has 0 aliphatic carbocycles. The minimum absolute atomic E-state index is 0.0730. The number of rotatable bonds is 14. The third-order valence-electron chi connectivity index (χ3n) is 5.19. The molecule has 0 spiro atoms. The molecule has 34 heavy (non-hydrogen) atoms. The summed E-state index contributed by atoms with van der Waals surface area (Å²) < 4.78 is 0. The molecular weight excluding hydrogens is 434 g/mol. The summed E-state index contributed by atoms with van der Waals surface area (Å²) in [5.74, 6) is -1.81. The van der Waals surface area contributed by atoms with E-state index in [2.05, 4.69) is 16.0 Å². The molecule has 1 rings (SSSR count). The average Bonchev–Trinajstić information content (AvgIpc) is 2.76. The molecule has 0 bridgehead atoms. The predicted octanol–water partition coefficient (Wildman–Crippen LogP) is 2.66. The molecule has 0 heterocycles. The topological polar surface area (TPSA) is 121 Å². The van der Waals surface area contributed by atoms with Crippen molar-refractivity contribution in [3.63, 3.8) is 0 Å². The highest BCUT2D eigenvalue weighted by molar-refractivity contribution is 6.28. The van der Waals surface area contributed by atoms with Gasteiger partial charge in [-0.3, -0.25) is 24.0 Å². The van der Waals surface area contributed by atoms with Gasteiger partial charge in [-0.15, -0.1) is 0 Å². The van der Waals surface area contributed by atoms with Crippen molar-refractivity contribution in [2.75, 3.05) is 0 Å². The molecular formula is C26H39N3O5. The van der Waals surface area contributed by atoms with Gasteiger partial charge in [-0.25, -0.2) is 0 Å². The zero-order chi connectivity index (χ0) is 25.8. The summed E-state index contributed by atoms with van der Waals surface area (Å²) in [5, 5.41) is 8.17. The standard InChI is InChI=1S/C26H39N3O5/c1-16(2)12-20(23(31)15-30)27-25(33)22(14-18(5)6)29-26(34)21(13-17(3)4)28-24(32)19-10-8-7-9-11-19/h7-11,15-18,20-22H,12-14H2,1-6H3,(H,27,33)(H,28,32)(H,29,34)/t20-,21+,22-/m0/s1. The van der Waals surface area contributed by atoms with Gasteiger partial charge < -0.3 is 16.0 Å². The smallest absolute Gasteiger partial charge is 0.251 e. The van der Waals surface area contributed by atoms with Gasteiger partial charge in [0.25, 0.3) is 5.91 Å². The highest BCUT2D eigenvalue weighted by Crippen LogP contribution is 2.11. The number of amides is 3. The van der Waals surface area contributed by atoms with Crippen LogP contribution in [0.25, 0.3) is 0 Å². The van der Waals surface area contributed by atoms with Gasteiger partial charge >= 0.3 is 0 Å². The SMILES string of the molecule is CC(C)C[C@H](NC(=O)[C@H](CC(C)C)NC(=O)[C@@H](CC(C)C)NC(=O)c1ccccc1)C(=O)C=O. The van der Waals surface area contributed by atoms with Crippen LogP contribution in [-0.2, 0) is 19.2 Å². The lowest BCUT2D eigenvalue weighted by Crippen LogP contribution is -2.56. The Hall–Kier alpha value is -3.03. The monoisotopic (exact) mass is 473 g/mol. The number of carbonyl (C=O) groups is 5. The number of aldehydes is 1. The summed E-state index contributed by atoms with van der Waals surface area (Å²) >= 11 is 0. The van der Waals surface area contributed by atoms with Crippen LogP contribution in [-0.4, -0.2) is 47.9 Å². The zero-order valence-electron chi connectivity index (χ0n) is 21.1. The molecule has 0 aliphatic rings. The van der Waals surface area contributed by atoms with E-state index in [1.54, 1.807) is 30.3 Å². The maximum atomic E-state index is 13.2. The van der Waals surface area contributed by atoms with E-state index in [1.807, 2.05) is 41.5 Å². The van der Waals surface area contributed by atoms with E-state index in [4.69, 9.17) is 0 Å². The van der Waals surface area contributed by atoms with Crippen molar-refractivity contribution in [1.29, 1.82) is 0 Å². The first-order valence-corrected chi connectivity index (χ1v) is 11.9. The molecule has 0 fully saturated rings. The quantitative estimate of drug-likeness (QED) is 0.283. The van der Waals surface area contributed by atoms with E-state index < -0.39 is 35.7 Å². The summed E-state index contributed by atoms with van der Waals surface area (Å²) in [5.41, 5.74) is 0.435. The molecule has 0 saturated heterocycles. The van der Waals surface area contributed by atoms with Gasteiger partial charge in [0.1, 0.15) is 12.1 Å². The molecule has 8 nitrogen and oxygen atoms in total. The van der Waals surface area contributed by atoms with Gasteiger partial charge in [-0.1, -0.05) is 59.7 Å². The van der Waals surface area contributed by atoms with Crippen molar-refractivity contribution < 1.29 is 24.0 Å². The van der Waals surface area contributed by atoms with Crippen molar-refractivity contribution in [2.45, 2.75) is 78.9 Å². The number of carbonyl (C=O) groups excluding carboxylic acids is 5. The van der Waals surface area contributed by atoms with E-state index >= 15 is 0 Å². The molecule has 8 heteroatoms. The highest BCUT2D eigenvalue weighted by Gasteiger charge is 2.30.